The molecular weight excluding hydrogens is 403 g/mol. The number of primary amides is 1. The molecule has 0 aliphatic carbocycles. The first kappa shape index (κ1) is 20.6. The summed E-state index contributed by atoms with van der Waals surface area (Å²) in [6, 6.07) is 0. The molecule has 2 aliphatic heterocycles. The van der Waals surface area contributed by atoms with Gasteiger partial charge in [0.05, 0.1) is 11.8 Å². The number of carbonyl (C=O) groups is 3. The molecule has 0 unspecified atom stereocenters. The number of carbonyl (C=O) groups excluding carboxylic acids is 2. The fraction of sp³-hybridized carbons (Fsp3) is 0.385. The van der Waals surface area contributed by atoms with Gasteiger partial charge in [0, 0.05) is 17.3 Å². The molecule has 1 aromatic rings. The van der Waals surface area contributed by atoms with Crippen molar-refractivity contribution in [2.24, 2.45) is 10.9 Å². The largest absolute Gasteiger partial charge is 0.477 e. The van der Waals surface area contributed by atoms with E-state index >= 15 is 0 Å². The van der Waals surface area contributed by atoms with Crippen LogP contribution in [0.25, 0.3) is 0 Å². The molecule has 0 spiro atoms. The van der Waals surface area contributed by atoms with Crippen molar-refractivity contribution in [2.75, 3.05) is 18.3 Å². The van der Waals surface area contributed by atoms with Gasteiger partial charge in [-0.3, -0.25) is 14.5 Å². The summed E-state index contributed by atoms with van der Waals surface area (Å²) in [7, 11) is 0. The highest BCUT2D eigenvalue weighted by Gasteiger charge is 2.44. The number of thioether (sulfide) groups is 1. The number of hydrogen-bond acceptors (Lipinski definition) is 10. The molecule has 0 radical (unpaired) electrons. The van der Waals surface area contributed by atoms with E-state index in [9.17, 15) is 18.8 Å². The van der Waals surface area contributed by atoms with Gasteiger partial charge in [-0.1, -0.05) is 5.16 Å². The Bertz CT molecular complexity index is 826. The number of aromatic nitrogens is 2. The van der Waals surface area contributed by atoms with Gasteiger partial charge in [0.1, 0.15) is 5.70 Å². The molecule has 1 aromatic heterocycles. The lowest BCUT2D eigenvalue weighted by Crippen LogP contribution is -2.53. The third-order valence-electron chi connectivity index (χ3n) is 3.34. The zero-order valence-corrected chi connectivity index (χ0v) is 15.5. The van der Waals surface area contributed by atoms with E-state index in [4.69, 9.17) is 16.6 Å². The highest BCUT2D eigenvalue weighted by Crippen LogP contribution is 2.39. The molecule has 1 atom stereocenters. The predicted octanol–water partition coefficient (Wildman–Crippen LogP) is -0.0965. The van der Waals surface area contributed by atoms with Crippen molar-refractivity contribution in [1.29, 1.82) is 0 Å². The molecule has 146 valence electrons. The molecule has 5 N–H and O–H groups in total. The normalized spacial score (nSPS) is 18.9. The molecule has 0 aromatic carbocycles. The summed E-state index contributed by atoms with van der Waals surface area (Å²) < 4.78 is 15.3. The van der Waals surface area contributed by atoms with E-state index in [0.717, 1.165) is 22.9 Å². The molecule has 2 aliphatic rings. The quantitative estimate of drug-likeness (QED) is 0.335. The topological polar surface area (TPSA) is 174 Å². The van der Waals surface area contributed by atoms with Crippen LogP contribution in [0.4, 0.5) is 9.52 Å². The monoisotopic (exact) mass is 418 g/mol. The number of nitrogens with zero attached hydrogens (tertiary/aromatic N) is 4. The highest BCUT2D eigenvalue weighted by molar-refractivity contribution is 8.00. The van der Waals surface area contributed by atoms with Crippen LogP contribution in [0, 0.1) is 0 Å². The lowest BCUT2D eigenvalue weighted by molar-refractivity contribution is -0.146. The van der Waals surface area contributed by atoms with Gasteiger partial charge in [0.25, 0.3) is 12.8 Å². The first-order chi connectivity index (χ1) is 12.8. The summed E-state index contributed by atoms with van der Waals surface area (Å²) in [5.74, 6) is -1.34. The molecule has 14 heteroatoms. The number of anilines is 1. The molecule has 0 saturated carbocycles. The van der Waals surface area contributed by atoms with Gasteiger partial charge in [-0.2, -0.15) is 9.36 Å². The predicted molar refractivity (Wildman–Crippen MR) is 95.2 cm³/mol. The van der Waals surface area contributed by atoms with Crippen LogP contribution in [-0.4, -0.2) is 60.8 Å². The number of rotatable bonds is 5. The van der Waals surface area contributed by atoms with E-state index in [1.165, 1.54) is 4.90 Å². The number of carboxylic acids is 1. The average Bonchev–Trinajstić information content (AvgIpc) is 3.02. The molecule has 27 heavy (non-hydrogen) atoms. The summed E-state index contributed by atoms with van der Waals surface area (Å²) in [6.45, 7) is 0.592. The van der Waals surface area contributed by atoms with Crippen molar-refractivity contribution in [3.05, 3.63) is 17.1 Å². The van der Waals surface area contributed by atoms with Crippen molar-refractivity contribution in [2.45, 2.75) is 18.7 Å². The number of hydrogen-bond donors (Lipinski definition) is 3. The van der Waals surface area contributed by atoms with Crippen molar-refractivity contribution >= 4 is 51.9 Å². The fourth-order valence-electron chi connectivity index (χ4n) is 2.19. The summed E-state index contributed by atoms with van der Waals surface area (Å²) in [6.07, 6.45) is 0.481. The number of nitrogen functional groups attached to an aromatic ring is 1. The van der Waals surface area contributed by atoms with Gasteiger partial charge < -0.3 is 21.4 Å². The number of halogens is 1. The van der Waals surface area contributed by atoms with Crippen LogP contribution in [0.15, 0.2) is 16.4 Å². The SMILES string of the molecule is CC1=C(C(=O)O)N2C(=O)C[C@@H]2SC1.NC(=O)/C(=N\OCF)c1nsc(N)n1. The Balaban J connectivity index is 0.000000194. The number of carboxylic acid groups (broad SMARTS) is 1. The number of alkyl halides is 1. The van der Waals surface area contributed by atoms with Crippen LogP contribution < -0.4 is 11.5 Å². The van der Waals surface area contributed by atoms with Gasteiger partial charge >= 0.3 is 5.97 Å². The second kappa shape index (κ2) is 8.77. The second-order valence-electron chi connectivity index (χ2n) is 5.17. The molecule has 1 saturated heterocycles. The molecular formula is C13H15FN6O5S2. The van der Waals surface area contributed by atoms with Crippen LogP contribution >= 0.6 is 23.3 Å². The van der Waals surface area contributed by atoms with Gasteiger partial charge in [-0.25, -0.2) is 9.18 Å². The molecule has 3 rings (SSSR count). The van der Waals surface area contributed by atoms with Crippen LogP contribution in [0.1, 0.15) is 19.2 Å². The zero-order valence-electron chi connectivity index (χ0n) is 13.9. The Morgan fingerprint density at radius 2 is 2.22 bits per heavy atom. The van der Waals surface area contributed by atoms with Crippen LogP contribution in [0.2, 0.25) is 0 Å². The van der Waals surface area contributed by atoms with Gasteiger partial charge in [-0.15, -0.1) is 11.8 Å². The summed E-state index contributed by atoms with van der Waals surface area (Å²) in [5.41, 5.74) is 10.8. The Kier molecular flexibility index (Phi) is 6.68. The summed E-state index contributed by atoms with van der Waals surface area (Å²) >= 11 is 2.49. The molecule has 2 amide bonds. The first-order valence-corrected chi connectivity index (χ1v) is 9.10. The minimum absolute atomic E-state index is 0.0716. The summed E-state index contributed by atoms with van der Waals surface area (Å²) in [4.78, 5) is 41.8. The first-order valence-electron chi connectivity index (χ1n) is 7.28. The van der Waals surface area contributed by atoms with E-state index in [1.54, 1.807) is 18.7 Å². The standard InChI is InChI=1S/C8H9NO3S.C5H6FN5O2S/c1-4-3-13-6-2-5(10)9(6)7(4)8(11)12;6-1-13-10-2(3(7)12)4-9-5(8)14-11-4/h6H,2-3H2,1H3,(H,11,12);1H2,(H2,7,12)(H2,8,9,11)/b;10-2+/t6-;/m0./s1. The highest BCUT2D eigenvalue weighted by atomic mass is 32.2. The van der Waals surface area contributed by atoms with E-state index < -0.39 is 18.7 Å². The lowest BCUT2D eigenvalue weighted by atomic mass is 10.1. The van der Waals surface area contributed by atoms with E-state index in [0.29, 0.717) is 6.42 Å². The number of aliphatic carboxylic acids is 1. The second-order valence-corrected chi connectivity index (χ2v) is 7.12. The Morgan fingerprint density at radius 3 is 2.67 bits per heavy atom. The molecule has 1 fully saturated rings. The number of β-lactam (4-membered cyclic amide) rings is 1. The van der Waals surface area contributed by atoms with Gasteiger partial charge in [0.15, 0.2) is 5.13 Å². The number of amides is 2. The van der Waals surface area contributed by atoms with E-state index in [-0.39, 0.29) is 33.6 Å². The summed E-state index contributed by atoms with van der Waals surface area (Å²) in [5, 5.41) is 12.2. The van der Waals surface area contributed by atoms with Crippen molar-refractivity contribution in [1.82, 2.24) is 14.3 Å². The Labute approximate surface area is 160 Å². The van der Waals surface area contributed by atoms with Crippen LogP contribution in [-0.2, 0) is 19.2 Å². The molecule has 3 heterocycles. The van der Waals surface area contributed by atoms with E-state index in [2.05, 4.69) is 19.4 Å². The molecule has 11 nitrogen and oxygen atoms in total. The molecule has 0 bridgehead atoms. The van der Waals surface area contributed by atoms with Gasteiger partial charge in [0.2, 0.25) is 17.4 Å². The average molecular weight is 418 g/mol. The lowest BCUT2D eigenvalue weighted by Gasteiger charge is -2.43. The van der Waals surface area contributed by atoms with Gasteiger partial charge in [-0.05, 0) is 12.5 Å². The van der Waals surface area contributed by atoms with Crippen LogP contribution in [0.3, 0.4) is 0 Å². The Morgan fingerprint density at radius 1 is 1.52 bits per heavy atom. The minimum atomic E-state index is -1.17. The maximum Gasteiger partial charge on any atom is 0.352 e. The third kappa shape index (κ3) is 4.71. The van der Waals surface area contributed by atoms with Crippen molar-refractivity contribution in [3.63, 3.8) is 0 Å². The fourth-order valence-corrected chi connectivity index (χ4v) is 3.83. The van der Waals surface area contributed by atoms with Crippen LogP contribution in [0.5, 0.6) is 0 Å². The maximum atomic E-state index is 11.6. The number of nitrogens with two attached hydrogens (primary N) is 2. The smallest absolute Gasteiger partial charge is 0.352 e. The van der Waals surface area contributed by atoms with E-state index in [1.807, 2.05) is 0 Å². The number of oxime groups is 1. The minimum Gasteiger partial charge on any atom is -0.477 e. The maximum absolute atomic E-state index is 11.6. The Hall–Kier alpha value is -2.74. The zero-order chi connectivity index (χ0) is 20.1. The van der Waals surface area contributed by atoms with Crippen molar-refractivity contribution < 1.29 is 28.7 Å². The number of fused-ring (bicyclic) bond motifs is 1. The third-order valence-corrected chi connectivity index (χ3v) is 5.24. The van der Waals surface area contributed by atoms with Crippen molar-refractivity contribution in [3.8, 4) is 0 Å².